The van der Waals surface area contributed by atoms with Gasteiger partial charge in [0.2, 0.25) is 0 Å². The molecule has 0 aliphatic rings. The van der Waals surface area contributed by atoms with Crippen molar-refractivity contribution in [2.45, 2.75) is 78.7 Å². The number of halogens is 1. The zero-order valence-electron chi connectivity index (χ0n) is 27.7. The smallest absolute Gasteiger partial charge is 0.407 e. The number of carbonyl (C=O) groups excluding carboxylic acids is 2. The van der Waals surface area contributed by atoms with Gasteiger partial charge < -0.3 is 38.7 Å². The SMILES string of the molecule is COc1ccc2c(c1)c(Br)cn2CCCNC(=O)OC(C)(C)C.COc1ccc2c(ccn2CCCNC(=O)OC(C)(C)C)c1. The van der Waals surface area contributed by atoms with Crippen molar-refractivity contribution in [2.24, 2.45) is 0 Å². The standard InChI is InChI=1S/C17H23BrN2O3.C17H24N2O3/c1-17(2,3)23-16(21)19-8-5-9-20-11-14(18)13-10-12(22-4)6-7-15(13)20;1-17(2,3)22-16(20)18-9-5-10-19-11-8-13-12-14(21-4)6-7-15(13)19/h6-7,10-11H,5,8-9H2,1-4H3,(H,19,21);6-8,11-12H,5,9-10H2,1-4H3,(H,18,20). The minimum Gasteiger partial charge on any atom is -0.497 e. The summed E-state index contributed by atoms with van der Waals surface area (Å²) in [7, 11) is 3.33. The summed E-state index contributed by atoms with van der Waals surface area (Å²) in [6.45, 7) is 13.9. The first-order valence-electron chi connectivity index (χ1n) is 15.1. The Hall–Kier alpha value is -3.86. The first kappa shape index (κ1) is 35.6. The van der Waals surface area contributed by atoms with Crippen molar-refractivity contribution >= 4 is 49.9 Å². The number of methoxy groups -OCH3 is 2. The van der Waals surface area contributed by atoms with E-state index in [0.717, 1.165) is 63.7 Å². The van der Waals surface area contributed by atoms with Gasteiger partial charge in [-0.2, -0.15) is 0 Å². The molecular weight excluding hydrogens is 640 g/mol. The van der Waals surface area contributed by atoms with Gasteiger partial charge >= 0.3 is 12.2 Å². The molecule has 2 aromatic heterocycles. The summed E-state index contributed by atoms with van der Waals surface area (Å²) >= 11 is 3.58. The van der Waals surface area contributed by atoms with E-state index in [1.165, 1.54) is 0 Å². The third-order valence-corrected chi connectivity index (χ3v) is 7.14. The van der Waals surface area contributed by atoms with Crippen LogP contribution in [-0.4, -0.2) is 59.8 Å². The van der Waals surface area contributed by atoms with Gasteiger partial charge in [-0.15, -0.1) is 0 Å². The molecule has 0 bridgehead atoms. The average molecular weight is 688 g/mol. The van der Waals surface area contributed by atoms with Crippen molar-refractivity contribution < 1.29 is 28.5 Å². The first-order valence-corrected chi connectivity index (χ1v) is 15.9. The summed E-state index contributed by atoms with van der Waals surface area (Å²) in [6, 6.07) is 14.1. The van der Waals surface area contributed by atoms with E-state index in [1.807, 2.05) is 71.9 Å². The van der Waals surface area contributed by atoms with Gasteiger partial charge in [0.05, 0.1) is 14.2 Å². The highest BCUT2D eigenvalue weighted by Gasteiger charge is 2.16. The topological polar surface area (TPSA) is 105 Å². The molecular formula is C34H47BrN4O6. The van der Waals surface area contributed by atoms with E-state index in [0.29, 0.717) is 13.1 Å². The predicted molar refractivity (Wildman–Crippen MR) is 182 cm³/mol. The highest BCUT2D eigenvalue weighted by molar-refractivity contribution is 9.10. The number of rotatable bonds is 10. The van der Waals surface area contributed by atoms with Gasteiger partial charge in [-0.05, 0) is 113 Å². The number of hydrogen-bond acceptors (Lipinski definition) is 6. The van der Waals surface area contributed by atoms with Crippen LogP contribution < -0.4 is 20.1 Å². The average Bonchev–Trinajstić information content (AvgIpc) is 3.51. The van der Waals surface area contributed by atoms with Crippen LogP contribution in [0.25, 0.3) is 21.8 Å². The summed E-state index contributed by atoms with van der Waals surface area (Å²) in [6.07, 6.45) is 5.03. The number of nitrogens with zero attached hydrogens (tertiary/aromatic N) is 2. The molecule has 4 rings (SSSR count). The maximum absolute atomic E-state index is 11.6. The zero-order valence-corrected chi connectivity index (χ0v) is 29.2. The van der Waals surface area contributed by atoms with Crippen LogP contribution in [0.15, 0.2) is 59.3 Å². The largest absolute Gasteiger partial charge is 0.497 e. The minimum absolute atomic E-state index is 0.366. The van der Waals surface area contributed by atoms with Crippen LogP contribution in [0.1, 0.15) is 54.4 Å². The van der Waals surface area contributed by atoms with Gasteiger partial charge in [0.1, 0.15) is 22.7 Å². The Balaban J connectivity index is 0.000000246. The van der Waals surface area contributed by atoms with Crippen LogP contribution in [0.4, 0.5) is 9.59 Å². The number of amides is 2. The quantitative estimate of drug-likeness (QED) is 0.164. The molecule has 11 heteroatoms. The maximum Gasteiger partial charge on any atom is 0.407 e. The number of aryl methyl sites for hydroxylation is 2. The Kier molecular flexibility index (Phi) is 12.6. The van der Waals surface area contributed by atoms with E-state index in [-0.39, 0.29) is 12.2 Å². The van der Waals surface area contributed by atoms with Gasteiger partial charge in [0.15, 0.2) is 0 Å². The number of alkyl carbamates (subject to hydrolysis) is 2. The Bertz CT molecular complexity index is 1560. The normalized spacial score (nSPS) is 11.5. The summed E-state index contributed by atoms with van der Waals surface area (Å²) in [5.41, 5.74) is 1.37. The van der Waals surface area contributed by atoms with E-state index >= 15 is 0 Å². The lowest BCUT2D eigenvalue weighted by atomic mass is 10.2. The van der Waals surface area contributed by atoms with Crippen LogP contribution in [-0.2, 0) is 22.6 Å². The molecule has 0 atom stereocenters. The molecule has 0 aliphatic carbocycles. The number of nitrogens with one attached hydrogen (secondary N) is 2. The summed E-state index contributed by atoms with van der Waals surface area (Å²) in [5, 5.41) is 7.82. The third-order valence-electron chi connectivity index (χ3n) is 6.51. The molecule has 0 fully saturated rings. The van der Waals surface area contributed by atoms with Crippen LogP contribution in [0, 0.1) is 0 Å². The molecule has 0 saturated heterocycles. The highest BCUT2D eigenvalue weighted by Crippen LogP contribution is 2.30. The molecule has 246 valence electrons. The van der Waals surface area contributed by atoms with Crippen molar-refractivity contribution in [3.8, 4) is 11.5 Å². The van der Waals surface area contributed by atoms with E-state index < -0.39 is 11.2 Å². The van der Waals surface area contributed by atoms with E-state index in [4.69, 9.17) is 18.9 Å². The highest BCUT2D eigenvalue weighted by atomic mass is 79.9. The Morgan fingerprint density at radius 2 is 1.24 bits per heavy atom. The summed E-state index contributed by atoms with van der Waals surface area (Å²) in [5.74, 6) is 1.69. The van der Waals surface area contributed by atoms with Crippen LogP contribution in [0.3, 0.4) is 0 Å². The number of ether oxygens (including phenoxy) is 4. The molecule has 0 spiro atoms. The van der Waals surface area contributed by atoms with Crippen LogP contribution in [0.2, 0.25) is 0 Å². The Morgan fingerprint density at radius 1 is 0.733 bits per heavy atom. The predicted octanol–water partition coefficient (Wildman–Crippen LogP) is 7.89. The molecule has 10 nitrogen and oxygen atoms in total. The molecule has 2 heterocycles. The van der Waals surface area contributed by atoms with Gasteiger partial charge in [0.25, 0.3) is 0 Å². The van der Waals surface area contributed by atoms with Crippen molar-refractivity contribution in [1.29, 1.82) is 0 Å². The fraction of sp³-hybridized carbons (Fsp3) is 0.471. The Morgan fingerprint density at radius 3 is 1.78 bits per heavy atom. The lowest BCUT2D eigenvalue weighted by Crippen LogP contribution is -2.33. The van der Waals surface area contributed by atoms with Crippen molar-refractivity contribution in [2.75, 3.05) is 27.3 Å². The maximum atomic E-state index is 11.6. The van der Waals surface area contributed by atoms with E-state index in [9.17, 15) is 9.59 Å². The lowest BCUT2D eigenvalue weighted by Gasteiger charge is -2.19. The van der Waals surface area contributed by atoms with Gasteiger partial charge in [0, 0.05) is 64.9 Å². The molecule has 2 amide bonds. The van der Waals surface area contributed by atoms with Crippen molar-refractivity contribution in [3.05, 3.63) is 59.3 Å². The van der Waals surface area contributed by atoms with E-state index in [2.05, 4.69) is 60.2 Å². The molecule has 2 N–H and O–H groups in total. The first-order chi connectivity index (χ1) is 21.2. The molecule has 0 unspecified atom stereocenters. The van der Waals surface area contributed by atoms with Crippen molar-refractivity contribution in [1.82, 2.24) is 19.8 Å². The number of hydrogen-bond donors (Lipinski definition) is 2. The fourth-order valence-electron chi connectivity index (χ4n) is 4.55. The number of benzene rings is 2. The van der Waals surface area contributed by atoms with Crippen LogP contribution in [0.5, 0.6) is 11.5 Å². The molecule has 2 aromatic carbocycles. The second-order valence-corrected chi connectivity index (χ2v) is 13.4. The summed E-state index contributed by atoms with van der Waals surface area (Å²) in [4.78, 5) is 23.1. The van der Waals surface area contributed by atoms with Crippen LogP contribution >= 0.6 is 15.9 Å². The van der Waals surface area contributed by atoms with Gasteiger partial charge in [-0.25, -0.2) is 9.59 Å². The monoisotopic (exact) mass is 686 g/mol. The third kappa shape index (κ3) is 11.5. The lowest BCUT2D eigenvalue weighted by molar-refractivity contribution is 0.0515. The van der Waals surface area contributed by atoms with E-state index in [1.54, 1.807) is 14.2 Å². The Labute approximate surface area is 274 Å². The molecule has 0 saturated carbocycles. The molecule has 45 heavy (non-hydrogen) atoms. The minimum atomic E-state index is -0.468. The second-order valence-electron chi connectivity index (χ2n) is 12.6. The van der Waals surface area contributed by atoms with Gasteiger partial charge in [-0.1, -0.05) is 0 Å². The van der Waals surface area contributed by atoms with Crippen molar-refractivity contribution in [3.63, 3.8) is 0 Å². The number of aromatic nitrogens is 2. The number of fused-ring (bicyclic) bond motifs is 2. The second kappa shape index (κ2) is 15.9. The van der Waals surface area contributed by atoms with Gasteiger partial charge in [-0.3, -0.25) is 0 Å². The summed E-state index contributed by atoms with van der Waals surface area (Å²) < 4.78 is 26.3. The fourth-order valence-corrected chi connectivity index (χ4v) is 5.12. The number of carbonyl (C=O) groups is 2. The molecule has 0 aliphatic heterocycles. The molecule has 0 radical (unpaired) electrons. The zero-order chi connectivity index (χ0) is 33.2. The molecule has 4 aromatic rings.